The standard InChI is InChI=1S/C21H29N3O3/c1-21(2,3)27-20(26)24-11-17-14(18(17)12-24)6-8-23-19(25)16-9-15(16)13-5-4-7-22-10-13/h4-5,7,10,14-18H,6,8-9,11-12H2,1-3H3,(H,23,25)/t14?,15-,16+,17-,18+/m1/s1. The average Bonchev–Trinajstić information content (AvgIpc) is 3.49. The van der Waals surface area contributed by atoms with Crippen LogP contribution in [0, 0.1) is 23.7 Å². The Kier molecular flexibility index (Phi) is 4.60. The normalized spacial score (nSPS) is 31.2. The van der Waals surface area contributed by atoms with E-state index in [0.29, 0.717) is 23.7 Å². The van der Waals surface area contributed by atoms with Gasteiger partial charge in [0.25, 0.3) is 0 Å². The van der Waals surface area contributed by atoms with Crippen molar-refractivity contribution in [1.29, 1.82) is 0 Å². The van der Waals surface area contributed by atoms with Crippen molar-refractivity contribution in [3.8, 4) is 0 Å². The lowest BCUT2D eigenvalue weighted by Gasteiger charge is -2.25. The predicted octanol–water partition coefficient (Wildman–Crippen LogP) is 2.80. The summed E-state index contributed by atoms with van der Waals surface area (Å²) in [6, 6.07) is 3.97. The van der Waals surface area contributed by atoms with Gasteiger partial charge >= 0.3 is 6.09 Å². The number of ether oxygens (including phenoxy) is 1. The molecule has 2 aliphatic carbocycles. The van der Waals surface area contributed by atoms with E-state index in [9.17, 15) is 9.59 Å². The molecule has 1 aliphatic heterocycles. The fourth-order valence-electron chi connectivity index (χ4n) is 4.49. The molecule has 0 bridgehead atoms. The molecule has 0 aromatic carbocycles. The molecule has 2 amide bonds. The van der Waals surface area contributed by atoms with E-state index in [1.807, 2.05) is 44.0 Å². The van der Waals surface area contributed by atoms with Gasteiger partial charge in [0.15, 0.2) is 0 Å². The monoisotopic (exact) mass is 371 g/mol. The molecule has 27 heavy (non-hydrogen) atoms. The van der Waals surface area contributed by atoms with Gasteiger partial charge in [0.05, 0.1) is 0 Å². The maximum absolute atomic E-state index is 12.3. The number of aromatic nitrogens is 1. The van der Waals surface area contributed by atoms with Crippen LogP contribution < -0.4 is 5.32 Å². The molecular weight excluding hydrogens is 342 g/mol. The quantitative estimate of drug-likeness (QED) is 0.864. The molecule has 0 spiro atoms. The molecule has 2 saturated carbocycles. The van der Waals surface area contributed by atoms with E-state index in [0.717, 1.165) is 38.0 Å². The number of hydrogen-bond donors (Lipinski definition) is 1. The van der Waals surface area contributed by atoms with Crippen LogP contribution in [0.1, 0.15) is 45.1 Å². The Morgan fingerprint density at radius 2 is 2.04 bits per heavy atom. The minimum absolute atomic E-state index is 0.107. The van der Waals surface area contributed by atoms with Crippen LogP contribution >= 0.6 is 0 Å². The zero-order valence-electron chi connectivity index (χ0n) is 16.4. The number of piperidine rings is 1. The topological polar surface area (TPSA) is 71.5 Å². The molecule has 1 N–H and O–H groups in total. The van der Waals surface area contributed by atoms with Gasteiger partial charge in [-0.15, -0.1) is 0 Å². The molecule has 5 atom stereocenters. The third-order valence-electron chi connectivity index (χ3n) is 6.04. The highest BCUT2D eigenvalue weighted by atomic mass is 16.6. The van der Waals surface area contributed by atoms with Crippen molar-refractivity contribution in [2.45, 2.75) is 45.1 Å². The van der Waals surface area contributed by atoms with Crippen LogP contribution in [0.15, 0.2) is 24.5 Å². The van der Waals surface area contributed by atoms with Crippen molar-refractivity contribution in [1.82, 2.24) is 15.2 Å². The number of pyridine rings is 1. The second kappa shape index (κ2) is 6.80. The maximum Gasteiger partial charge on any atom is 0.410 e. The molecule has 1 aromatic rings. The first kappa shape index (κ1) is 18.3. The zero-order valence-corrected chi connectivity index (χ0v) is 16.4. The number of hydrogen-bond acceptors (Lipinski definition) is 4. The predicted molar refractivity (Wildman–Crippen MR) is 101 cm³/mol. The molecule has 0 radical (unpaired) electrons. The number of likely N-dealkylation sites (tertiary alicyclic amines) is 1. The number of amides is 2. The van der Waals surface area contributed by atoms with Crippen LogP contribution in [-0.4, -0.2) is 47.1 Å². The van der Waals surface area contributed by atoms with Crippen LogP contribution in [0.4, 0.5) is 4.79 Å². The van der Waals surface area contributed by atoms with Crippen molar-refractivity contribution >= 4 is 12.0 Å². The summed E-state index contributed by atoms with van der Waals surface area (Å²) in [4.78, 5) is 30.4. The number of nitrogens with one attached hydrogen (secondary N) is 1. The number of fused-ring (bicyclic) bond motifs is 1. The SMILES string of the molecule is CC(C)(C)OC(=O)N1C[C@@H]2C(CCNC(=O)[C@H]3C[C@@H]3c3cccnc3)[C@@H]2C1. The summed E-state index contributed by atoms with van der Waals surface area (Å²) < 4.78 is 5.44. The van der Waals surface area contributed by atoms with Gasteiger partial charge in [-0.05, 0) is 68.9 Å². The number of carbonyl (C=O) groups is 2. The Labute approximate surface area is 160 Å². The van der Waals surface area contributed by atoms with Crippen LogP contribution in [0.25, 0.3) is 0 Å². The molecule has 1 saturated heterocycles. The van der Waals surface area contributed by atoms with Crippen molar-refractivity contribution in [2.24, 2.45) is 23.7 Å². The van der Waals surface area contributed by atoms with Gasteiger partial charge in [0.2, 0.25) is 5.91 Å². The Morgan fingerprint density at radius 1 is 1.30 bits per heavy atom. The summed E-state index contributed by atoms with van der Waals surface area (Å²) >= 11 is 0. The fourth-order valence-corrected chi connectivity index (χ4v) is 4.49. The van der Waals surface area contributed by atoms with E-state index in [2.05, 4.69) is 10.3 Å². The van der Waals surface area contributed by atoms with Crippen molar-refractivity contribution in [2.75, 3.05) is 19.6 Å². The molecule has 3 aliphatic rings. The van der Waals surface area contributed by atoms with Crippen LogP contribution in [0.3, 0.4) is 0 Å². The lowest BCUT2D eigenvalue weighted by molar-refractivity contribution is -0.122. The molecule has 1 unspecified atom stereocenters. The Morgan fingerprint density at radius 3 is 2.67 bits per heavy atom. The van der Waals surface area contributed by atoms with E-state index < -0.39 is 5.60 Å². The second-order valence-electron chi connectivity index (χ2n) is 9.19. The van der Waals surface area contributed by atoms with Crippen LogP contribution in [-0.2, 0) is 9.53 Å². The molecule has 6 nitrogen and oxygen atoms in total. The summed E-state index contributed by atoms with van der Waals surface area (Å²) in [7, 11) is 0. The van der Waals surface area contributed by atoms with Crippen molar-refractivity contribution < 1.29 is 14.3 Å². The smallest absolute Gasteiger partial charge is 0.410 e. The van der Waals surface area contributed by atoms with E-state index in [1.165, 1.54) is 0 Å². The second-order valence-corrected chi connectivity index (χ2v) is 9.19. The summed E-state index contributed by atoms with van der Waals surface area (Å²) in [6.07, 6.45) is 5.36. The summed E-state index contributed by atoms with van der Waals surface area (Å²) in [5.74, 6) is 2.41. The molecule has 6 heteroatoms. The van der Waals surface area contributed by atoms with E-state index in [1.54, 1.807) is 6.20 Å². The summed E-state index contributed by atoms with van der Waals surface area (Å²) in [5, 5.41) is 3.11. The number of nitrogens with zero attached hydrogens (tertiary/aromatic N) is 2. The molecule has 3 fully saturated rings. The fraction of sp³-hybridized carbons (Fsp3) is 0.667. The number of rotatable bonds is 5. The zero-order chi connectivity index (χ0) is 19.2. The van der Waals surface area contributed by atoms with E-state index in [4.69, 9.17) is 4.74 Å². The molecular formula is C21H29N3O3. The Bertz CT molecular complexity index is 703. The Hall–Kier alpha value is -2.11. The lowest BCUT2D eigenvalue weighted by Crippen LogP contribution is -2.37. The van der Waals surface area contributed by atoms with Gasteiger partial charge in [-0.2, -0.15) is 0 Å². The van der Waals surface area contributed by atoms with Gasteiger partial charge in [-0.3, -0.25) is 9.78 Å². The first-order valence-electron chi connectivity index (χ1n) is 9.99. The molecule has 2 heterocycles. The van der Waals surface area contributed by atoms with Gasteiger partial charge in [-0.1, -0.05) is 6.07 Å². The molecule has 146 valence electrons. The highest BCUT2D eigenvalue weighted by Crippen LogP contribution is 2.53. The van der Waals surface area contributed by atoms with Gasteiger partial charge in [0, 0.05) is 37.9 Å². The summed E-state index contributed by atoms with van der Waals surface area (Å²) in [6.45, 7) is 8.01. The van der Waals surface area contributed by atoms with Crippen LogP contribution in [0.2, 0.25) is 0 Å². The Balaban J connectivity index is 1.14. The third kappa shape index (κ3) is 4.09. The van der Waals surface area contributed by atoms with Crippen molar-refractivity contribution in [3.63, 3.8) is 0 Å². The van der Waals surface area contributed by atoms with E-state index >= 15 is 0 Å². The highest BCUT2D eigenvalue weighted by molar-refractivity contribution is 5.82. The summed E-state index contributed by atoms with van der Waals surface area (Å²) in [5.41, 5.74) is 0.723. The van der Waals surface area contributed by atoms with Gasteiger partial charge in [-0.25, -0.2) is 4.79 Å². The van der Waals surface area contributed by atoms with Crippen molar-refractivity contribution in [3.05, 3.63) is 30.1 Å². The first-order chi connectivity index (χ1) is 12.8. The van der Waals surface area contributed by atoms with Crippen LogP contribution in [0.5, 0.6) is 0 Å². The van der Waals surface area contributed by atoms with Gasteiger partial charge < -0.3 is 15.0 Å². The maximum atomic E-state index is 12.3. The average molecular weight is 371 g/mol. The van der Waals surface area contributed by atoms with Gasteiger partial charge in [0.1, 0.15) is 5.60 Å². The minimum atomic E-state index is -0.440. The molecule has 4 rings (SSSR count). The number of carbonyl (C=O) groups excluding carboxylic acids is 2. The molecule has 1 aromatic heterocycles. The van der Waals surface area contributed by atoms with E-state index in [-0.39, 0.29) is 17.9 Å². The lowest BCUT2D eigenvalue weighted by atomic mass is 10.1. The minimum Gasteiger partial charge on any atom is -0.444 e. The largest absolute Gasteiger partial charge is 0.444 e. The third-order valence-corrected chi connectivity index (χ3v) is 6.04. The first-order valence-corrected chi connectivity index (χ1v) is 9.99. The highest BCUT2D eigenvalue weighted by Gasteiger charge is 2.56.